The van der Waals surface area contributed by atoms with Crippen LogP contribution in [0.15, 0.2) is 101 Å². The number of piperidine rings is 1. The maximum absolute atomic E-state index is 13.2. The zero-order valence-corrected chi connectivity index (χ0v) is 28.5. The minimum atomic E-state index is -3.79. The fourth-order valence-electron chi connectivity index (χ4n) is 6.46. The first-order valence-electron chi connectivity index (χ1n) is 15.1. The van der Waals surface area contributed by atoms with Crippen LogP contribution in [0, 0.1) is 5.92 Å². The van der Waals surface area contributed by atoms with Gasteiger partial charge in [0, 0.05) is 0 Å². The molecule has 0 saturated carbocycles. The summed E-state index contributed by atoms with van der Waals surface area (Å²) < 4.78 is 11.4. The molecule has 218 valence electrons. The van der Waals surface area contributed by atoms with Crippen molar-refractivity contribution < 1.29 is 14.6 Å². The summed E-state index contributed by atoms with van der Waals surface area (Å²) >= 11 is -3.79. The van der Waals surface area contributed by atoms with Gasteiger partial charge in [0.15, 0.2) is 0 Å². The monoisotopic (exact) mass is 661 g/mol. The summed E-state index contributed by atoms with van der Waals surface area (Å²) in [6.07, 6.45) is 5.16. The number of hydrogen-bond donors (Lipinski definition) is 1. The van der Waals surface area contributed by atoms with Crippen molar-refractivity contribution >= 4 is 35.2 Å². The Kier molecular flexibility index (Phi) is 10.1. The van der Waals surface area contributed by atoms with Gasteiger partial charge >= 0.3 is 252 Å². The molecule has 0 radical (unpaired) electrons. The number of likely N-dealkylation sites (tertiary alicyclic amines) is 1. The van der Waals surface area contributed by atoms with Gasteiger partial charge < -0.3 is 0 Å². The molecule has 0 aliphatic carbocycles. The second kappa shape index (κ2) is 13.2. The zero-order chi connectivity index (χ0) is 29.7. The predicted molar refractivity (Wildman–Crippen MR) is 173 cm³/mol. The van der Waals surface area contributed by atoms with Crippen LogP contribution in [0.2, 0.25) is 0 Å². The van der Waals surface area contributed by atoms with Crippen molar-refractivity contribution in [2.75, 3.05) is 6.54 Å². The van der Waals surface area contributed by atoms with E-state index >= 15 is 0 Å². The van der Waals surface area contributed by atoms with Crippen LogP contribution >= 0.6 is 0 Å². The van der Waals surface area contributed by atoms with Crippen LogP contribution < -0.4 is 10.7 Å². The Hall–Kier alpha value is -2.57. The SMILES string of the molecule is CC(C)/[C](=C/C[C@](C)(O)[C@@H]1CCCCN1C(=O)OC(C)(C)C)[Sn]([c]1ccccc1)([c]1ccccc1)[c]1ccccc1. The van der Waals surface area contributed by atoms with Gasteiger partial charge in [-0.2, -0.15) is 0 Å². The zero-order valence-electron chi connectivity index (χ0n) is 25.6. The molecule has 3 aromatic carbocycles. The Bertz CT molecular complexity index is 1200. The number of aliphatic hydroxyl groups is 1. The van der Waals surface area contributed by atoms with Gasteiger partial charge in [-0.3, -0.25) is 0 Å². The van der Waals surface area contributed by atoms with Crippen LogP contribution in [0.4, 0.5) is 4.79 Å². The van der Waals surface area contributed by atoms with Gasteiger partial charge in [-0.05, 0) is 0 Å². The molecule has 0 aromatic heterocycles. The van der Waals surface area contributed by atoms with E-state index in [2.05, 4.69) is 111 Å². The summed E-state index contributed by atoms with van der Waals surface area (Å²) in [6, 6.07) is 32.7. The van der Waals surface area contributed by atoms with Gasteiger partial charge in [0.1, 0.15) is 0 Å². The number of amides is 1. The fourth-order valence-corrected chi connectivity index (χ4v) is 21.7. The van der Waals surface area contributed by atoms with Gasteiger partial charge in [0.05, 0.1) is 0 Å². The van der Waals surface area contributed by atoms with Crippen molar-refractivity contribution in [1.29, 1.82) is 0 Å². The third kappa shape index (κ3) is 7.09. The van der Waals surface area contributed by atoms with Crippen LogP contribution in [0.3, 0.4) is 0 Å². The summed E-state index contributed by atoms with van der Waals surface area (Å²) in [5.41, 5.74) is -1.68. The van der Waals surface area contributed by atoms with Crippen molar-refractivity contribution in [3.8, 4) is 0 Å². The molecule has 1 saturated heterocycles. The quantitative estimate of drug-likeness (QED) is 0.293. The van der Waals surface area contributed by atoms with E-state index in [-0.39, 0.29) is 18.1 Å². The summed E-state index contributed by atoms with van der Waals surface area (Å²) in [6.45, 7) is 12.8. The van der Waals surface area contributed by atoms with Crippen molar-refractivity contribution in [3.63, 3.8) is 0 Å². The molecular weight excluding hydrogens is 613 g/mol. The first-order valence-corrected chi connectivity index (χ1v) is 20.8. The second-order valence-corrected chi connectivity index (χ2v) is 23.8. The Morgan fingerprint density at radius 3 is 1.76 bits per heavy atom. The third-order valence-corrected chi connectivity index (χ3v) is 23.2. The Morgan fingerprint density at radius 1 is 0.878 bits per heavy atom. The number of hydrogen-bond acceptors (Lipinski definition) is 3. The van der Waals surface area contributed by atoms with Crippen LogP contribution in [0.1, 0.15) is 67.2 Å². The van der Waals surface area contributed by atoms with Crippen LogP contribution in [-0.4, -0.2) is 58.3 Å². The molecule has 1 aliphatic heterocycles. The van der Waals surface area contributed by atoms with Gasteiger partial charge in [-0.15, -0.1) is 0 Å². The van der Waals surface area contributed by atoms with E-state index in [1.54, 1.807) is 4.90 Å². The maximum atomic E-state index is 13.2. The molecule has 41 heavy (non-hydrogen) atoms. The van der Waals surface area contributed by atoms with E-state index in [0.29, 0.717) is 13.0 Å². The molecule has 4 nitrogen and oxygen atoms in total. The second-order valence-electron chi connectivity index (χ2n) is 12.9. The van der Waals surface area contributed by atoms with Crippen LogP contribution in [-0.2, 0) is 4.74 Å². The molecule has 4 rings (SSSR count). The molecule has 3 aromatic rings. The summed E-state index contributed by atoms with van der Waals surface area (Å²) in [5.74, 6) is 0.274. The van der Waals surface area contributed by atoms with Crippen molar-refractivity contribution in [1.82, 2.24) is 4.90 Å². The molecular formula is C36H47NO3Sn. The summed E-state index contributed by atoms with van der Waals surface area (Å²) in [7, 11) is 0. The average molecular weight is 660 g/mol. The van der Waals surface area contributed by atoms with Crippen molar-refractivity contribution in [2.24, 2.45) is 5.92 Å². The Balaban J connectivity index is 1.84. The summed E-state index contributed by atoms with van der Waals surface area (Å²) in [4.78, 5) is 15.0. The molecule has 1 N–H and O–H groups in total. The van der Waals surface area contributed by atoms with E-state index in [1.165, 1.54) is 14.3 Å². The molecule has 1 amide bonds. The fraction of sp³-hybridized carbons (Fsp3) is 0.417. The molecule has 2 atom stereocenters. The van der Waals surface area contributed by atoms with Crippen LogP contribution in [0.25, 0.3) is 0 Å². The number of ether oxygens (including phenoxy) is 1. The van der Waals surface area contributed by atoms with Gasteiger partial charge in [-0.25, -0.2) is 0 Å². The number of benzene rings is 3. The van der Waals surface area contributed by atoms with E-state index in [9.17, 15) is 9.90 Å². The molecule has 1 fully saturated rings. The van der Waals surface area contributed by atoms with Crippen molar-refractivity contribution in [2.45, 2.75) is 84.5 Å². The molecule has 1 aliphatic rings. The number of carbonyl (C=O) groups is 1. The molecule has 1 heterocycles. The molecule has 5 heteroatoms. The predicted octanol–water partition coefficient (Wildman–Crippen LogP) is 6.21. The van der Waals surface area contributed by atoms with Gasteiger partial charge in [0.25, 0.3) is 0 Å². The molecule has 0 unspecified atom stereocenters. The Morgan fingerprint density at radius 2 is 1.34 bits per heavy atom. The third-order valence-electron chi connectivity index (χ3n) is 8.26. The van der Waals surface area contributed by atoms with Gasteiger partial charge in [-0.1, -0.05) is 0 Å². The number of nitrogens with zero attached hydrogens (tertiary/aromatic N) is 1. The first-order chi connectivity index (χ1) is 19.5. The number of carbonyl (C=O) groups excluding carboxylic acids is 1. The standard InChI is InChI=1S/C18H32NO3.3C6H5.Sn/c1-14(2)10-9-12-18(6,21)15-11-7-8-13-19(15)16(20)22-17(3,4)5;3*1-2-4-6-5-3-1;/h9,14-15,21H,7-8,11-13H2,1-6H3;3*1-5H;/t15-,18-;;;;/m0..../s1. The van der Waals surface area contributed by atoms with E-state index < -0.39 is 29.6 Å². The summed E-state index contributed by atoms with van der Waals surface area (Å²) in [5, 5.41) is 12.1. The van der Waals surface area contributed by atoms with E-state index in [0.717, 1.165) is 19.3 Å². The number of allylic oxidation sites excluding steroid dienone is 1. The topological polar surface area (TPSA) is 49.8 Å². The number of rotatable bonds is 8. The molecule has 0 spiro atoms. The van der Waals surface area contributed by atoms with Crippen LogP contribution in [0.5, 0.6) is 0 Å². The Labute approximate surface area is 251 Å². The van der Waals surface area contributed by atoms with E-state index in [4.69, 9.17) is 4.74 Å². The van der Waals surface area contributed by atoms with Gasteiger partial charge in [0.2, 0.25) is 0 Å². The van der Waals surface area contributed by atoms with Crippen molar-refractivity contribution in [3.05, 3.63) is 101 Å². The van der Waals surface area contributed by atoms with E-state index in [1.807, 2.05) is 27.7 Å². The average Bonchev–Trinajstić information content (AvgIpc) is 2.95. The first kappa shape index (κ1) is 31.4. The molecule has 0 bridgehead atoms. The minimum absolute atomic E-state index is 0.274. The normalized spacial score (nSPS) is 18.2.